The van der Waals surface area contributed by atoms with Gasteiger partial charge >= 0.3 is 5.97 Å². The molecule has 2 heterocycles. The molecule has 0 spiro atoms. The van der Waals surface area contributed by atoms with Crippen molar-refractivity contribution in [2.45, 2.75) is 19.0 Å². The van der Waals surface area contributed by atoms with Crippen molar-refractivity contribution in [2.24, 2.45) is 0 Å². The van der Waals surface area contributed by atoms with Crippen molar-refractivity contribution in [1.82, 2.24) is 14.8 Å². The molecule has 1 atom stereocenters. The van der Waals surface area contributed by atoms with Crippen LogP contribution in [0.25, 0.3) is 0 Å². The summed E-state index contributed by atoms with van der Waals surface area (Å²) in [6.07, 6.45) is 2.74. The van der Waals surface area contributed by atoms with Crippen LogP contribution >= 0.6 is 0 Å². The van der Waals surface area contributed by atoms with Crippen molar-refractivity contribution in [3.05, 3.63) is 29.6 Å². The van der Waals surface area contributed by atoms with Gasteiger partial charge in [-0.3, -0.25) is 4.90 Å². The summed E-state index contributed by atoms with van der Waals surface area (Å²) >= 11 is 0. The number of aromatic carboxylic acids is 1. The van der Waals surface area contributed by atoms with Gasteiger partial charge in [-0.1, -0.05) is 0 Å². The monoisotopic (exact) mass is 249 g/mol. The Balaban J connectivity index is 1.98. The number of pyridine rings is 1. The molecule has 5 nitrogen and oxygen atoms in total. The highest BCUT2D eigenvalue weighted by atomic mass is 16.4. The van der Waals surface area contributed by atoms with Crippen LogP contribution < -0.4 is 0 Å². The first kappa shape index (κ1) is 13.0. The van der Waals surface area contributed by atoms with Crippen molar-refractivity contribution in [3.8, 4) is 0 Å². The Hall–Kier alpha value is -1.46. The van der Waals surface area contributed by atoms with Crippen molar-refractivity contribution in [3.63, 3.8) is 0 Å². The van der Waals surface area contributed by atoms with E-state index in [1.165, 1.54) is 6.42 Å². The normalized spacial score (nSPS) is 20.5. The Bertz CT molecular complexity index is 434. The lowest BCUT2D eigenvalue weighted by Crippen LogP contribution is -2.31. The summed E-state index contributed by atoms with van der Waals surface area (Å²) in [4.78, 5) is 19.3. The molecule has 0 aliphatic carbocycles. The summed E-state index contributed by atoms with van der Waals surface area (Å²) in [6, 6.07) is 4.14. The van der Waals surface area contributed by atoms with Gasteiger partial charge in [0.1, 0.15) is 5.69 Å². The molecule has 2 rings (SSSR count). The number of carbonyl (C=O) groups is 1. The second kappa shape index (κ2) is 5.46. The maximum atomic E-state index is 10.8. The molecule has 1 aliphatic rings. The zero-order valence-corrected chi connectivity index (χ0v) is 10.8. The highest BCUT2D eigenvalue weighted by Gasteiger charge is 2.23. The summed E-state index contributed by atoms with van der Waals surface area (Å²) in [7, 11) is 4.20. The van der Waals surface area contributed by atoms with E-state index in [4.69, 9.17) is 5.11 Å². The molecular weight excluding hydrogens is 230 g/mol. The molecule has 0 saturated carbocycles. The molecular formula is C13H19N3O2. The minimum atomic E-state index is -0.968. The van der Waals surface area contributed by atoms with Crippen molar-refractivity contribution < 1.29 is 9.90 Å². The van der Waals surface area contributed by atoms with Gasteiger partial charge in [0.25, 0.3) is 0 Å². The van der Waals surface area contributed by atoms with E-state index in [9.17, 15) is 4.79 Å². The Morgan fingerprint density at radius 2 is 2.39 bits per heavy atom. The second-order valence-electron chi connectivity index (χ2n) is 5.00. The summed E-state index contributed by atoms with van der Waals surface area (Å²) in [5, 5.41) is 8.90. The fraction of sp³-hybridized carbons (Fsp3) is 0.538. The third-order valence-electron chi connectivity index (χ3n) is 3.43. The molecule has 0 bridgehead atoms. The zero-order valence-electron chi connectivity index (χ0n) is 10.8. The summed E-state index contributed by atoms with van der Waals surface area (Å²) in [5.41, 5.74) is 1.14. The van der Waals surface area contributed by atoms with E-state index in [-0.39, 0.29) is 5.69 Å². The van der Waals surface area contributed by atoms with E-state index < -0.39 is 5.97 Å². The first-order valence-electron chi connectivity index (χ1n) is 6.13. The maximum Gasteiger partial charge on any atom is 0.354 e. The third kappa shape index (κ3) is 3.05. The number of carboxylic acid groups (broad SMARTS) is 1. The lowest BCUT2D eigenvalue weighted by atomic mass is 10.2. The number of carboxylic acids is 1. The minimum absolute atomic E-state index is 0.121. The van der Waals surface area contributed by atoms with Crippen LogP contribution in [0.15, 0.2) is 18.3 Å². The second-order valence-corrected chi connectivity index (χ2v) is 5.00. The number of likely N-dealkylation sites (tertiary alicyclic amines) is 1. The van der Waals surface area contributed by atoms with Crippen LogP contribution in [0.5, 0.6) is 0 Å². The van der Waals surface area contributed by atoms with Crippen molar-refractivity contribution in [1.29, 1.82) is 0 Å². The van der Waals surface area contributed by atoms with Crippen LogP contribution in [0.3, 0.4) is 0 Å². The molecule has 1 aromatic rings. The first-order valence-corrected chi connectivity index (χ1v) is 6.13. The molecule has 1 fully saturated rings. The SMILES string of the molecule is CN(C)C1CCN(Cc2ccnc(C(=O)O)c2)C1. The molecule has 0 radical (unpaired) electrons. The lowest BCUT2D eigenvalue weighted by Gasteiger charge is -2.20. The van der Waals surface area contributed by atoms with Crippen LogP contribution in [-0.2, 0) is 6.54 Å². The molecule has 1 unspecified atom stereocenters. The molecule has 5 heteroatoms. The number of aromatic nitrogens is 1. The van der Waals surface area contributed by atoms with E-state index in [1.54, 1.807) is 12.3 Å². The zero-order chi connectivity index (χ0) is 13.1. The van der Waals surface area contributed by atoms with Crippen molar-refractivity contribution in [2.75, 3.05) is 27.2 Å². The van der Waals surface area contributed by atoms with Crippen LogP contribution in [-0.4, -0.2) is 59.1 Å². The standard InChI is InChI=1S/C13H19N3O2/c1-15(2)11-4-6-16(9-11)8-10-3-5-14-12(7-10)13(17)18/h3,5,7,11H,4,6,8-9H2,1-2H3,(H,17,18). The Labute approximate surface area is 107 Å². The average Bonchev–Trinajstić information content (AvgIpc) is 2.78. The Kier molecular flexibility index (Phi) is 3.93. The molecule has 1 aromatic heterocycles. The summed E-state index contributed by atoms with van der Waals surface area (Å²) in [5.74, 6) is -0.968. The van der Waals surface area contributed by atoms with E-state index >= 15 is 0 Å². The van der Waals surface area contributed by atoms with Gasteiger partial charge in [-0.05, 0) is 38.2 Å². The van der Waals surface area contributed by atoms with Gasteiger partial charge in [0, 0.05) is 31.9 Å². The lowest BCUT2D eigenvalue weighted by molar-refractivity contribution is 0.0690. The van der Waals surface area contributed by atoms with E-state index in [1.807, 2.05) is 6.07 Å². The highest BCUT2D eigenvalue weighted by Crippen LogP contribution is 2.16. The first-order chi connectivity index (χ1) is 8.56. The number of rotatable bonds is 4. The average molecular weight is 249 g/mol. The molecule has 1 aliphatic heterocycles. The van der Waals surface area contributed by atoms with E-state index in [0.717, 1.165) is 25.2 Å². The molecule has 0 amide bonds. The fourth-order valence-electron chi connectivity index (χ4n) is 2.33. The largest absolute Gasteiger partial charge is 0.477 e. The van der Waals surface area contributed by atoms with Gasteiger partial charge in [0.05, 0.1) is 0 Å². The predicted octanol–water partition coefficient (Wildman–Crippen LogP) is 0.916. The quantitative estimate of drug-likeness (QED) is 0.859. The van der Waals surface area contributed by atoms with Crippen LogP contribution in [0, 0.1) is 0 Å². The van der Waals surface area contributed by atoms with Gasteiger partial charge < -0.3 is 10.0 Å². The highest BCUT2D eigenvalue weighted by molar-refractivity contribution is 5.85. The maximum absolute atomic E-state index is 10.8. The number of likely N-dealkylation sites (N-methyl/N-ethyl adjacent to an activating group) is 1. The van der Waals surface area contributed by atoms with Crippen LogP contribution in [0.1, 0.15) is 22.5 Å². The third-order valence-corrected chi connectivity index (χ3v) is 3.43. The number of nitrogens with zero attached hydrogens (tertiary/aromatic N) is 3. The molecule has 1 N–H and O–H groups in total. The van der Waals surface area contributed by atoms with E-state index in [2.05, 4.69) is 28.9 Å². The smallest absolute Gasteiger partial charge is 0.354 e. The fourth-order valence-corrected chi connectivity index (χ4v) is 2.33. The molecule has 0 aromatic carbocycles. The van der Waals surface area contributed by atoms with E-state index in [0.29, 0.717) is 6.04 Å². The minimum Gasteiger partial charge on any atom is -0.477 e. The predicted molar refractivity (Wildman–Crippen MR) is 68.6 cm³/mol. The van der Waals surface area contributed by atoms with Crippen LogP contribution in [0.2, 0.25) is 0 Å². The van der Waals surface area contributed by atoms with Gasteiger partial charge in [-0.2, -0.15) is 0 Å². The summed E-state index contributed by atoms with van der Waals surface area (Å²) < 4.78 is 0. The molecule has 18 heavy (non-hydrogen) atoms. The van der Waals surface area contributed by atoms with Gasteiger partial charge in [-0.25, -0.2) is 9.78 Å². The summed E-state index contributed by atoms with van der Waals surface area (Å²) in [6.45, 7) is 2.90. The Morgan fingerprint density at radius 3 is 3.00 bits per heavy atom. The van der Waals surface area contributed by atoms with Crippen molar-refractivity contribution >= 4 is 5.97 Å². The number of hydrogen-bond acceptors (Lipinski definition) is 4. The van der Waals surface area contributed by atoms with Gasteiger partial charge in [-0.15, -0.1) is 0 Å². The topological polar surface area (TPSA) is 56.7 Å². The Morgan fingerprint density at radius 1 is 1.61 bits per heavy atom. The van der Waals surface area contributed by atoms with Gasteiger partial charge in [0.15, 0.2) is 0 Å². The number of hydrogen-bond donors (Lipinski definition) is 1. The molecule has 98 valence electrons. The molecule has 1 saturated heterocycles. The van der Waals surface area contributed by atoms with Crippen LogP contribution in [0.4, 0.5) is 0 Å². The van der Waals surface area contributed by atoms with Gasteiger partial charge in [0.2, 0.25) is 0 Å².